The summed E-state index contributed by atoms with van der Waals surface area (Å²) in [5.74, 6) is 3.37. The number of nitrogens with one attached hydrogen (secondary N) is 6. The summed E-state index contributed by atoms with van der Waals surface area (Å²) >= 11 is 11.3. The monoisotopic (exact) mass is 2220 g/mol. The topological polar surface area (TPSA) is 285 Å². The molecule has 0 saturated carbocycles. The maximum Gasteiger partial charge on any atom is 0.416 e. The highest BCUT2D eigenvalue weighted by Gasteiger charge is 2.24. The zero-order valence-corrected chi connectivity index (χ0v) is 84.7. The lowest BCUT2D eigenvalue weighted by atomic mass is 10.1. The number of amides is 6. The maximum atomic E-state index is 13.9. The van der Waals surface area contributed by atoms with Gasteiger partial charge in [0.1, 0.15) is 80.0 Å². The Morgan fingerprint density at radius 1 is 0.297 bits per heavy atom. The van der Waals surface area contributed by atoms with Gasteiger partial charge in [-0.25, -0.2) is 33.2 Å². The number of halogens is 16. The molecular formula is C105H102BrClF13IN6O18. The van der Waals surface area contributed by atoms with Crippen LogP contribution in [-0.4, -0.2) is 76.2 Å². The van der Waals surface area contributed by atoms with Gasteiger partial charge in [0.2, 0.25) is 0 Å². The van der Waals surface area contributed by atoms with Crippen LogP contribution in [0.15, 0.2) is 229 Å². The molecule has 12 aromatic carbocycles. The first kappa shape index (κ1) is 117. The molecular weight excluding hydrogens is 2120 g/mol. The van der Waals surface area contributed by atoms with Gasteiger partial charge in [0.25, 0.3) is 0 Å². The Kier molecular flexibility index (Phi) is 47.6. The van der Waals surface area contributed by atoms with E-state index in [-0.39, 0.29) is 56.0 Å². The fourth-order valence-electron chi connectivity index (χ4n) is 13.4. The van der Waals surface area contributed by atoms with Gasteiger partial charge in [0.15, 0.2) is 0 Å². The van der Waals surface area contributed by atoms with Crippen molar-refractivity contribution in [1.29, 1.82) is 0 Å². The Balaban J connectivity index is 0.000000236. The number of hydrogen-bond donors (Lipinski definition) is 6. The second-order valence-corrected chi connectivity index (χ2v) is 33.8. The van der Waals surface area contributed by atoms with Gasteiger partial charge in [-0.05, 0) is 234 Å². The van der Waals surface area contributed by atoms with Crippen LogP contribution in [0.4, 0.5) is 120 Å². The van der Waals surface area contributed by atoms with Crippen molar-refractivity contribution >= 4 is 127 Å². The van der Waals surface area contributed by atoms with E-state index in [1.807, 2.05) is 214 Å². The Bertz CT molecular complexity index is 5690. The number of rotatable bonds is 31. The number of anilines is 6. The second-order valence-electron chi connectivity index (χ2n) is 31.4. The lowest BCUT2D eigenvalue weighted by Gasteiger charge is -2.16. The number of hydrogen-bond acceptors (Lipinski definition) is 18. The average molecular weight is 2230 g/mol. The third-order valence-corrected chi connectivity index (χ3v) is 21.9. The van der Waals surface area contributed by atoms with Crippen molar-refractivity contribution in [3.05, 3.63) is 355 Å². The summed E-state index contributed by atoms with van der Waals surface area (Å²) in [6.45, 7) is 10.4. The smallest absolute Gasteiger partial charge is 0.416 e. The average Bonchev–Trinajstić information content (AvgIpc) is 0.980. The van der Waals surface area contributed by atoms with Crippen molar-refractivity contribution in [3.8, 4) is 34.5 Å². The predicted octanol–water partition coefficient (Wildman–Crippen LogP) is 31.0. The van der Waals surface area contributed by atoms with Crippen molar-refractivity contribution in [2.24, 2.45) is 0 Å². The molecule has 145 heavy (non-hydrogen) atoms. The molecule has 40 heteroatoms. The molecule has 6 amide bonds. The number of para-hydroxylation sites is 6. The largest absolute Gasteiger partial charge is 0.489 e. The molecule has 0 saturated heterocycles. The van der Waals surface area contributed by atoms with Gasteiger partial charge in [-0.3, -0.25) is 31.9 Å². The SMILES string of the molecule is C=Cc1cccc(COc2ccc(C)cc2C)c1NC(=O)OC(F)F.Cc1ccc(OCc2cccc(Br)c2NC(=O)OC(F)F)c(C)c1.Cc1ccc(OCc2cccc(C)c2NC(=O)OC(F)F)c(C)c1.Cc1ccc(OCc2cccc(Cl)c2NC(=O)OC(F)F)c(C)c1.Cc1ccc(OCc2cccc(F)c2NC(=O)OC(F)F)c(C)c1.Cc1ccc(OCc2cccc(I)c2NC(=O)OC(F)F)c(C)c1. The molecule has 0 fully saturated rings. The fraction of sp³-hybridized carbons (Fsp3) is 0.238. The van der Waals surface area contributed by atoms with E-state index in [0.717, 1.165) is 89.9 Å². The minimum atomic E-state index is -3.29. The first-order valence-corrected chi connectivity index (χ1v) is 45.7. The highest BCUT2D eigenvalue weighted by molar-refractivity contribution is 14.1. The summed E-state index contributed by atoms with van der Waals surface area (Å²) in [6, 6.07) is 64.4. The molecule has 0 spiro atoms. The summed E-state index contributed by atoms with van der Waals surface area (Å²) in [4.78, 5) is 68.5. The fourth-order valence-corrected chi connectivity index (χ4v) is 14.8. The molecule has 12 aromatic rings. The van der Waals surface area contributed by atoms with Crippen molar-refractivity contribution in [2.75, 3.05) is 31.9 Å². The van der Waals surface area contributed by atoms with E-state index in [2.05, 4.69) is 77.5 Å². The van der Waals surface area contributed by atoms with Crippen LogP contribution < -0.4 is 60.3 Å². The summed E-state index contributed by atoms with van der Waals surface area (Å²) in [5.41, 5.74) is 18.6. The predicted molar refractivity (Wildman–Crippen MR) is 537 cm³/mol. The lowest BCUT2D eigenvalue weighted by Crippen LogP contribution is -2.19. The van der Waals surface area contributed by atoms with Crippen molar-refractivity contribution < 1.29 is 143 Å². The molecule has 6 N–H and O–H groups in total. The van der Waals surface area contributed by atoms with Crippen LogP contribution in [-0.2, 0) is 68.1 Å². The molecule has 0 aliphatic rings. The molecule has 0 atom stereocenters. The van der Waals surface area contributed by atoms with Gasteiger partial charge in [0, 0.05) is 41.4 Å². The van der Waals surface area contributed by atoms with E-state index in [1.54, 1.807) is 97.9 Å². The second kappa shape index (κ2) is 58.8. The normalized spacial score (nSPS) is 10.6. The number of ether oxygens (including phenoxy) is 12. The molecule has 0 unspecified atom stereocenters. The van der Waals surface area contributed by atoms with Crippen LogP contribution >= 0.6 is 50.1 Å². The van der Waals surface area contributed by atoms with E-state index >= 15 is 0 Å². The maximum absolute atomic E-state index is 13.9. The molecule has 0 aromatic heterocycles. The van der Waals surface area contributed by atoms with Crippen molar-refractivity contribution in [1.82, 2.24) is 0 Å². The minimum absolute atomic E-state index is 0.0496. The van der Waals surface area contributed by atoms with Gasteiger partial charge < -0.3 is 56.8 Å². The molecule has 0 aliphatic heterocycles. The van der Waals surface area contributed by atoms with Crippen LogP contribution in [0.1, 0.15) is 111 Å². The van der Waals surface area contributed by atoms with Crippen LogP contribution in [0.2, 0.25) is 5.02 Å². The van der Waals surface area contributed by atoms with Gasteiger partial charge in [-0.15, -0.1) is 0 Å². The standard InChI is InChI=1S/C19H19F2NO3.C18H19F2NO3.C17H16BrF2NO3.C17H16ClF2NO3.C17H16F3NO3.C17H16F2INO3/c1-4-14-6-5-7-15(17(14)22-19(23)25-18(20)21)11-24-16-9-8-12(2)10-13(16)3;1-11-7-8-15(13(3)9-11)23-10-14-6-4-5-12(2)16(14)21-18(22)24-17(19)20;3*1-10-6-7-14(11(2)8-10)23-9-12-4-3-5-13(18)15(12)21-17(22)24-16(19)20;1-10-6-7-14(11(2)8-10)23-9-12-4-3-5-13(20)15(12)21-17(22)24-16(18)19/h4-10,18H,1,11H2,2-3H3,(H,22,23);4-9,17H,10H2,1-3H3,(H,21,22);4*3-8,16H,9H2,1-2H3,(H,21,22). The molecule has 0 radical (unpaired) electrons. The Morgan fingerprint density at radius 3 is 0.848 bits per heavy atom. The Labute approximate surface area is 855 Å². The van der Waals surface area contributed by atoms with Crippen molar-refractivity contribution in [3.63, 3.8) is 0 Å². The van der Waals surface area contributed by atoms with E-state index < -0.39 is 82.0 Å². The van der Waals surface area contributed by atoms with E-state index in [1.165, 1.54) is 24.3 Å². The van der Waals surface area contributed by atoms with Crippen LogP contribution in [0.3, 0.4) is 0 Å². The third kappa shape index (κ3) is 40.6. The van der Waals surface area contributed by atoms with E-state index in [0.29, 0.717) is 92.7 Å². The summed E-state index contributed by atoms with van der Waals surface area (Å²) in [6.07, 6.45) is -6.09. The molecule has 772 valence electrons. The molecule has 24 nitrogen and oxygen atoms in total. The van der Waals surface area contributed by atoms with Gasteiger partial charge in [-0.1, -0.05) is 215 Å². The summed E-state index contributed by atoms with van der Waals surface area (Å²) in [7, 11) is 0. The number of carbonyl (C=O) groups is 6. The summed E-state index contributed by atoms with van der Waals surface area (Å²) < 4.78 is 218. The summed E-state index contributed by atoms with van der Waals surface area (Å²) in [5, 5.41) is 13.7. The van der Waals surface area contributed by atoms with Crippen LogP contribution in [0.5, 0.6) is 34.5 Å². The lowest BCUT2D eigenvalue weighted by molar-refractivity contribution is -0.0777. The van der Waals surface area contributed by atoms with E-state index in [9.17, 15) is 85.8 Å². The molecule has 0 bridgehead atoms. The third-order valence-electron chi connectivity index (χ3n) is 20.0. The van der Waals surface area contributed by atoms with Crippen LogP contribution in [0.25, 0.3) is 6.08 Å². The number of alkyl halides is 12. The Hall–Kier alpha value is -14.6. The van der Waals surface area contributed by atoms with E-state index in [4.69, 9.17) is 40.0 Å². The molecule has 0 aliphatic carbocycles. The quantitative estimate of drug-likeness (QED) is 0.0134. The first-order valence-electron chi connectivity index (χ1n) is 43.4. The highest BCUT2D eigenvalue weighted by atomic mass is 127. The zero-order valence-electron chi connectivity index (χ0n) is 80.2. The number of benzene rings is 12. The van der Waals surface area contributed by atoms with Crippen LogP contribution in [0, 0.1) is 99.4 Å². The number of carbonyl (C=O) groups excluding carboxylic acids is 6. The van der Waals surface area contributed by atoms with Gasteiger partial charge in [0.05, 0.1) is 39.1 Å². The minimum Gasteiger partial charge on any atom is -0.489 e. The van der Waals surface area contributed by atoms with Crippen molar-refractivity contribution in [2.45, 2.75) is 169 Å². The molecule has 0 heterocycles. The molecule has 12 rings (SSSR count). The Morgan fingerprint density at radius 2 is 0.531 bits per heavy atom. The van der Waals surface area contributed by atoms with Gasteiger partial charge >= 0.3 is 76.2 Å². The first-order chi connectivity index (χ1) is 68.7. The highest BCUT2D eigenvalue weighted by Crippen LogP contribution is 2.36. The zero-order chi connectivity index (χ0) is 107. The number of aryl methyl sites for hydroxylation is 13. The van der Waals surface area contributed by atoms with Gasteiger partial charge in [-0.2, -0.15) is 52.7 Å².